The molecular weight excluding hydrogens is 368 g/mol. The van der Waals surface area contributed by atoms with Crippen molar-refractivity contribution < 1.29 is 14.4 Å². The number of carbonyl (C=O) groups is 1. The first-order valence-corrected chi connectivity index (χ1v) is 9.03. The highest BCUT2D eigenvalue weighted by molar-refractivity contribution is 9.10. The van der Waals surface area contributed by atoms with Gasteiger partial charge in [-0.15, -0.1) is 0 Å². The van der Waals surface area contributed by atoms with Gasteiger partial charge in [0.25, 0.3) is 5.91 Å². The summed E-state index contributed by atoms with van der Waals surface area (Å²) in [5.74, 6) is -0.0601. The minimum Gasteiger partial charge on any atom is -0.365 e. The number of benzene rings is 2. The number of quaternary nitrogens is 1. The van der Waals surface area contributed by atoms with Gasteiger partial charge >= 0.3 is 0 Å². The van der Waals surface area contributed by atoms with Gasteiger partial charge in [0.05, 0.1) is 6.61 Å². The molecule has 1 saturated heterocycles. The van der Waals surface area contributed by atoms with Gasteiger partial charge in [-0.05, 0) is 18.2 Å². The average molecular weight is 390 g/mol. The standard InChI is InChI=1S/C19H21BrN2O2/c20-17-8-4-7-16(11-17)19(23)21-12-18-14-22(9-10-24-18)13-15-5-2-1-3-6-15/h1-8,11,18H,9-10,12-14H2,(H,21,23)/p+1/t18-/m1/s1. The molecule has 1 unspecified atom stereocenters. The molecule has 2 atom stereocenters. The van der Waals surface area contributed by atoms with Gasteiger partial charge in [-0.1, -0.05) is 52.3 Å². The van der Waals surface area contributed by atoms with Crippen molar-refractivity contribution >= 4 is 21.8 Å². The third kappa shape index (κ3) is 4.90. The third-order valence-electron chi connectivity index (χ3n) is 4.20. The highest BCUT2D eigenvalue weighted by Gasteiger charge is 2.24. The highest BCUT2D eigenvalue weighted by Crippen LogP contribution is 2.11. The van der Waals surface area contributed by atoms with Gasteiger partial charge in [-0.2, -0.15) is 0 Å². The lowest BCUT2D eigenvalue weighted by Crippen LogP contribution is -3.13. The Labute approximate surface area is 150 Å². The number of carbonyl (C=O) groups excluding carboxylic acids is 1. The molecule has 1 aliphatic rings. The van der Waals surface area contributed by atoms with Gasteiger partial charge in [0.1, 0.15) is 25.7 Å². The molecule has 3 rings (SSSR count). The highest BCUT2D eigenvalue weighted by atomic mass is 79.9. The van der Waals surface area contributed by atoms with E-state index in [1.807, 2.05) is 30.3 Å². The first kappa shape index (κ1) is 17.1. The van der Waals surface area contributed by atoms with Crippen molar-refractivity contribution in [2.75, 3.05) is 26.2 Å². The van der Waals surface area contributed by atoms with Crippen LogP contribution in [0.3, 0.4) is 0 Å². The van der Waals surface area contributed by atoms with Crippen LogP contribution < -0.4 is 10.2 Å². The van der Waals surface area contributed by atoms with Crippen LogP contribution in [0.5, 0.6) is 0 Å². The lowest BCUT2D eigenvalue weighted by Gasteiger charge is -2.30. The first-order valence-electron chi connectivity index (χ1n) is 8.23. The third-order valence-corrected chi connectivity index (χ3v) is 4.69. The van der Waals surface area contributed by atoms with Crippen molar-refractivity contribution in [1.29, 1.82) is 0 Å². The van der Waals surface area contributed by atoms with Gasteiger partial charge in [-0.3, -0.25) is 4.79 Å². The maximum absolute atomic E-state index is 12.2. The minimum absolute atomic E-state index is 0.0601. The maximum atomic E-state index is 12.2. The van der Waals surface area contributed by atoms with Crippen molar-refractivity contribution in [3.05, 3.63) is 70.2 Å². The van der Waals surface area contributed by atoms with E-state index in [1.165, 1.54) is 10.5 Å². The smallest absolute Gasteiger partial charge is 0.251 e. The molecule has 2 aromatic carbocycles. The number of morpholine rings is 1. The molecule has 0 spiro atoms. The summed E-state index contributed by atoms with van der Waals surface area (Å²) in [5, 5.41) is 2.98. The van der Waals surface area contributed by atoms with Crippen molar-refractivity contribution in [3.63, 3.8) is 0 Å². The van der Waals surface area contributed by atoms with E-state index < -0.39 is 0 Å². The lowest BCUT2D eigenvalue weighted by atomic mass is 10.2. The molecule has 1 heterocycles. The Balaban J connectivity index is 1.49. The van der Waals surface area contributed by atoms with Gasteiger partial charge in [0.2, 0.25) is 0 Å². The number of rotatable bonds is 5. The van der Waals surface area contributed by atoms with Crippen molar-refractivity contribution in [1.82, 2.24) is 5.32 Å². The zero-order chi connectivity index (χ0) is 16.8. The fraction of sp³-hybridized carbons (Fsp3) is 0.316. The summed E-state index contributed by atoms with van der Waals surface area (Å²) in [6.07, 6.45) is 0.0635. The first-order chi connectivity index (χ1) is 11.7. The number of hydrogen-bond donors (Lipinski definition) is 2. The molecule has 2 aromatic rings. The molecule has 0 saturated carbocycles. The van der Waals surface area contributed by atoms with Crippen LogP contribution in [-0.4, -0.2) is 38.3 Å². The second kappa shape index (κ2) is 8.42. The SMILES string of the molecule is O=C(NC[C@@H]1C[NH+](Cc2ccccc2)CCO1)c1cccc(Br)c1. The van der Waals surface area contributed by atoms with E-state index in [9.17, 15) is 4.79 Å². The van der Waals surface area contributed by atoms with Crippen molar-refractivity contribution in [2.45, 2.75) is 12.6 Å². The Bertz CT molecular complexity index is 678. The van der Waals surface area contributed by atoms with Crippen LogP contribution in [0.25, 0.3) is 0 Å². The van der Waals surface area contributed by atoms with E-state index in [0.29, 0.717) is 12.1 Å². The molecule has 0 bridgehead atoms. The number of amides is 1. The number of halogens is 1. The Morgan fingerprint density at radius 2 is 2.04 bits per heavy atom. The summed E-state index contributed by atoms with van der Waals surface area (Å²) >= 11 is 3.39. The predicted octanol–water partition coefficient (Wildman–Crippen LogP) is 1.66. The Morgan fingerprint density at radius 1 is 1.21 bits per heavy atom. The molecule has 1 aliphatic heterocycles. The van der Waals surface area contributed by atoms with Gasteiger partial charge < -0.3 is 15.0 Å². The summed E-state index contributed by atoms with van der Waals surface area (Å²) < 4.78 is 6.72. The average Bonchev–Trinajstić information content (AvgIpc) is 2.61. The van der Waals surface area contributed by atoms with Crippen LogP contribution >= 0.6 is 15.9 Å². The molecule has 2 N–H and O–H groups in total. The number of ether oxygens (including phenoxy) is 1. The maximum Gasteiger partial charge on any atom is 0.251 e. The number of nitrogens with one attached hydrogen (secondary N) is 2. The fourth-order valence-corrected chi connectivity index (χ4v) is 3.37. The van der Waals surface area contributed by atoms with Crippen LogP contribution in [0.1, 0.15) is 15.9 Å². The van der Waals surface area contributed by atoms with Crippen molar-refractivity contribution in [2.24, 2.45) is 0 Å². The normalized spacial score (nSPS) is 20.5. The van der Waals surface area contributed by atoms with Gasteiger partial charge in [0.15, 0.2) is 0 Å². The van der Waals surface area contributed by atoms with E-state index in [2.05, 4.69) is 45.5 Å². The van der Waals surface area contributed by atoms with E-state index >= 15 is 0 Å². The zero-order valence-corrected chi connectivity index (χ0v) is 15.1. The van der Waals surface area contributed by atoms with Crippen LogP contribution in [0, 0.1) is 0 Å². The monoisotopic (exact) mass is 389 g/mol. The van der Waals surface area contributed by atoms with Crippen LogP contribution in [-0.2, 0) is 11.3 Å². The summed E-state index contributed by atoms with van der Waals surface area (Å²) in [5.41, 5.74) is 2.00. The van der Waals surface area contributed by atoms with Crippen LogP contribution in [0.4, 0.5) is 0 Å². The quantitative estimate of drug-likeness (QED) is 0.816. The van der Waals surface area contributed by atoms with E-state index in [-0.39, 0.29) is 12.0 Å². The Morgan fingerprint density at radius 3 is 2.83 bits per heavy atom. The largest absolute Gasteiger partial charge is 0.365 e. The molecule has 126 valence electrons. The van der Waals surface area contributed by atoms with Gasteiger partial charge in [0, 0.05) is 22.1 Å². The summed E-state index contributed by atoms with van der Waals surface area (Å²) in [6.45, 7) is 4.20. The molecule has 1 fully saturated rings. The Hall–Kier alpha value is -1.69. The zero-order valence-electron chi connectivity index (χ0n) is 13.5. The fourth-order valence-electron chi connectivity index (χ4n) is 2.97. The Kier molecular flexibility index (Phi) is 6.01. The molecule has 5 heteroatoms. The van der Waals surface area contributed by atoms with Crippen molar-refractivity contribution in [3.8, 4) is 0 Å². The second-order valence-corrected chi connectivity index (χ2v) is 7.00. The van der Waals surface area contributed by atoms with E-state index in [0.717, 1.165) is 30.7 Å². The second-order valence-electron chi connectivity index (χ2n) is 6.08. The van der Waals surface area contributed by atoms with E-state index in [1.54, 1.807) is 0 Å². The summed E-state index contributed by atoms with van der Waals surface area (Å²) in [7, 11) is 0. The van der Waals surface area contributed by atoms with Crippen LogP contribution in [0.2, 0.25) is 0 Å². The molecule has 24 heavy (non-hydrogen) atoms. The molecule has 0 aromatic heterocycles. The van der Waals surface area contributed by atoms with E-state index in [4.69, 9.17) is 4.74 Å². The molecular formula is C19H22BrN2O2+. The molecule has 0 radical (unpaired) electrons. The number of hydrogen-bond acceptors (Lipinski definition) is 2. The molecule has 4 nitrogen and oxygen atoms in total. The minimum atomic E-state index is -0.0601. The predicted molar refractivity (Wildman–Crippen MR) is 97.1 cm³/mol. The summed E-state index contributed by atoms with van der Waals surface area (Å²) in [4.78, 5) is 13.7. The topological polar surface area (TPSA) is 42.8 Å². The molecule has 1 amide bonds. The van der Waals surface area contributed by atoms with Crippen LogP contribution in [0.15, 0.2) is 59.1 Å². The lowest BCUT2D eigenvalue weighted by molar-refractivity contribution is -0.925. The summed E-state index contributed by atoms with van der Waals surface area (Å²) in [6, 6.07) is 17.9. The molecule has 0 aliphatic carbocycles. The van der Waals surface area contributed by atoms with Gasteiger partial charge in [-0.25, -0.2) is 0 Å².